The number of rotatable bonds is 5. The summed E-state index contributed by atoms with van der Waals surface area (Å²) in [6.07, 6.45) is 1.74. The van der Waals surface area contributed by atoms with Crippen molar-refractivity contribution in [2.45, 2.75) is 26.7 Å². The summed E-state index contributed by atoms with van der Waals surface area (Å²) in [6.45, 7) is 4.55. The summed E-state index contributed by atoms with van der Waals surface area (Å²) in [6, 6.07) is 1.38. The minimum atomic E-state index is -1.56. The van der Waals surface area contributed by atoms with Gasteiger partial charge >= 0.3 is 0 Å². The van der Waals surface area contributed by atoms with Crippen LogP contribution >= 0.6 is 0 Å². The molecule has 5 heteroatoms. The lowest BCUT2D eigenvalue weighted by Gasteiger charge is -2.07. The fourth-order valence-corrected chi connectivity index (χ4v) is 1.50. The van der Waals surface area contributed by atoms with Crippen LogP contribution < -0.4 is 5.32 Å². The number of amides is 1. The molecule has 0 unspecified atom stereocenters. The Kier molecular flexibility index (Phi) is 5.19. The van der Waals surface area contributed by atoms with Crippen molar-refractivity contribution in [2.75, 3.05) is 6.54 Å². The zero-order chi connectivity index (χ0) is 13.7. The zero-order valence-corrected chi connectivity index (χ0v) is 10.4. The number of carbonyl (C=O) groups excluding carboxylic acids is 1. The van der Waals surface area contributed by atoms with Gasteiger partial charge in [0.1, 0.15) is 0 Å². The van der Waals surface area contributed by atoms with Gasteiger partial charge in [-0.1, -0.05) is 13.8 Å². The van der Waals surface area contributed by atoms with Gasteiger partial charge in [-0.25, -0.2) is 13.2 Å². The SMILES string of the molecule is CC(C)CCCNC(=O)c1cc(F)c(F)c(F)c1. The first-order valence-electron chi connectivity index (χ1n) is 5.84. The van der Waals surface area contributed by atoms with Crippen molar-refractivity contribution in [3.05, 3.63) is 35.1 Å². The van der Waals surface area contributed by atoms with Gasteiger partial charge in [0, 0.05) is 12.1 Å². The summed E-state index contributed by atoms with van der Waals surface area (Å²) in [5.74, 6) is -4.35. The molecule has 0 heterocycles. The minimum absolute atomic E-state index is 0.212. The van der Waals surface area contributed by atoms with E-state index in [-0.39, 0.29) is 5.56 Å². The molecule has 1 aromatic carbocycles. The molecular formula is C13H16F3NO. The molecule has 0 bridgehead atoms. The van der Waals surface area contributed by atoms with Crippen molar-refractivity contribution in [3.8, 4) is 0 Å². The number of carbonyl (C=O) groups is 1. The van der Waals surface area contributed by atoms with Gasteiger partial charge in [-0.2, -0.15) is 0 Å². The van der Waals surface area contributed by atoms with E-state index in [2.05, 4.69) is 19.2 Å². The van der Waals surface area contributed by atoms with E-state index in [1.54, 1.807) is 0 Å². The lowest BCUT2D eigenvalue weighted by atomic mass is 10.1. The second-order valence-electron chi connectivity index (χ2n) is 4.55. The Balaban J connectivity index is 2.57. The van der Waals surface area contributed by atoms with Gasteiger partial charge < -0.3 is 5.32 Å². The summed E-state index contributed by atoms with van der Waals surface area (Å²) in [5.41, 5.74) is -0.212. The Labute approximate surface area is 104 Å². The molecule has 0 radical (unpaired) electrons. The lowest BCUT2D eigenvalue weighted by Crippen LogP contribution is -2.25. The van der Waals surface area contributed by atoms with E-state index in [0.717, 1.165) is 12.8 Å². The average Bonchev–Trinajstić information content (AvgIpc) is 2.30. The molecule has 0 aliphatic carbocycles. The molecule has 0 atom stereocenters. The molecule has 0 aliphatic heterocycles. The Hall–Kier alpha value is -1.52. The fraction of sp³-hybridized carbons (Fsp3) is 0.462. The van der Waals surface area contributed by atoms with Gasteiger partial charge in [0.05, 0.1) is 0 Å². The molecule has 0 fully saturated rings. The summed E-state index contributed by atoms with van der Waals surface area (Å²) in [5, 5.41) is 2.53. The molecule has 0 saturated heterocycles. The third-order valence-corrected chi connectivity index (χ3v) is 2.49. The van der Waals surface area contributed by atoms with Crippen molar-refractivity contribution in [3.63, 3.8) is 0 Å². The number of halogens is 3. The highest BCUT2D eigenvalue weighted by Crippen LogP contribution is 2.13. The zero-order valence-electron chi connectivity index (χ0n) is 10.4. The predicted octanol–water partition coefficient (Wildman–Crippen LogP) is 3.27. The second kappa shape index (κ2) is 6.42. The van der Waals surface area contributed by atoms with Gasteiger partial charge in [-0.15, -0.1) is 0 Å². The normalized spacial score (nSPS) is 10.8. The Bertz CT molecular complexity index is 409. The summed E-state index contributed by atoms with van der Waals surface area (Å²) >= 11 is 0. The summed E-state index contributed by atoms with van der Waals surface area (Å²) in [4.78, 5) is 11.5. The van der Waals surface area contributed by atoms with Crippen LogP contribution in [0.1, 0.15) is 37.0 Å². The Morgan fingerprint density at radius 3 is 2.28 bits per heavy atom. The summed E-state index contributed by atoms with van der Waals surface area (Å²) in [7, 11) is 0. The highest BCUT2D eigenvalue weighted by molar-refractivity contribution is 5.94. The first-order valence-corrected chi connectivity index (χ1v) is 5.84. The molecule has 0 aromatic heterocycles. The molecule has 1 N–H and O–H groups in total. The molecule has 0 spiro atoms. The third kappa shape index (κ3) is 4.05. The van der Waals surface area contributed by atoms with Gasteiger partial charge in [-0.05, 0) is 30.9 Å². The number of hydrogen-bond donors (Lipinski definition) is 1. The largest absolute Gasteiger partial charge is 0.352 e. The maximum Gasteiger partial charge on any atom is 0.251 e. The van der Waals surface area contributed by atoms with Crippen molar-refractivity contribution in [2.24, 2.45) is 5.92 Å². The number of hydrogen-bond acceptors (Lipinski definition) is 1. The molecule has 100 valence electrons. The first kappa shape index (κ1) is 14.5. The Morgan fingerprint density at radius 2 is 1.78 bits per heavy atom. The highest BCUT2D eigenvalue weighted by atomic mass is 19.2. The molecule has 2 nitrogen and oxygen atoms in total. The van der Waals surface area contributed by atoms with Gasteiger partial charge in [0.2, 0.25) is 0 Å². The van der Waals surface area contributed by atoms with Crippen LogP contribution in [-0.4, -0.2) is 12.5 Å². The molecular weight excluding hydrogens is 243 g/mol. The number of nitrogens with one attached hydrogen (secondary N) is 1. The Morgan fingerprint density at radius 1 is 1.22 bits per heavy atom. The maximum atomic E-state index is 12.9. The van der Waals surface area contributed by atoms with Crippen LogP contribution in [-0.2, 0) is 0 Å². The van der Waals surface area contributed by atoms with Crippen molar-refractivity contribution in [1.29, 1.82) is 0 Å². The third-order valence-electron chi connectivity index (χ3n) is 2.49. The first-order chi connectivity index (χ1) is 8.41. The number of benzene rings is 1. The van der Waals surface area contributed by atoms with Gasteiger partial charge in [-0.3, -0.25) is 4.79 Å². The van der Waals surface area contributed by atoms with Crippen LogP contribution in [0.15, 0.2) is 12.1 Å². The van der Waals surface area contributed by atoms with E-state index in [1.165, 1.54) is 0 Å². The minimum Gasteiger partial charge on any atom is -0.352 e. The highest BCUT2D eigenvalue weighted by Gasteiger charge is 2.14. The topological polar surface area (TPSA) is 29.1 Å². The summed E-state index contributed by atoms with van der Waals surface area (Å²) < 4.78 is 38.5. The van der Waals surface area contributed by atoms with Crippen LogP contribution in [0.2, 0.25) is 0 Å². The van der Waals surface area contributed by atoms with Crippen LogP contribution in [0.25, 0.3) is 0 Å². The van der Waals surface area contributed by atoms with E-state index >= 15 is 0 Å². The second-order valence-corrected chi connectivity index (χ2v) is 4.55. The quantitative estimate of drug-likeness (QED) is 0.638. The molecule has 18 heavy (non-hydrogen) atoms. The van der Waals surface area contributed by atoms with Gasteiger partial charge in [0.15, 0.2) is 17.5 Å². The average molecular weight is 259 g/mol. The van der Waals surface area contributed by atoms with Crippen molar-refractivity contribution >= 4 is 5.91 Å². The lowest BCUT2D eigenvalue weighted by molar-refractivity contribution is 0.0951. The van der Waals surface area contributed by atoms with Crippen LogP contribution in [0.4, 0.5) is 13.2 Å². The van der Waals surface area contributed by atoms with Crippen LogP contribution in [0.3, 0.4) is 0 Å². The van der Waals surface area contributed by atoms with E-state index in [1.807, 2.05) is 0 Å². The smallest absolute Gasteiger partial charge is 0.251 e. The monoisotopic (exact) mass is 259 g/mol. The van der Waals surface area contributed by atoms with Crippen molar-refractivity contribution in [1.82, 2.24) is 5.32 Å². The van der Waals surface area contributed by atoms with Gasteiger partial charge in [0.25, 0.3) is 5.91 Å². The molecule has 1 rings (SSSR count). The fourth-order valence-electron chi connectivity index (χ4n) is 1.50. The molecule has 1 aromatic rings. The maximum absolute atomic E-state index is 12.9. The van der Waals surface area contributed by atoms with E-state index < -0.39 is 23.4 Å². The van der Waals surface area contributed by atoms with Crippen molar-refractivity contribution < 1.29 is 18.0 Å². The van der Waals surface area contributed by atoms with E-state index in [4.69, 9.17) is 0 Å². The van der Waals surface area contributed by atoms with Crippen LogP contribution in [0.5, 0.6) is 0 Å². The molecule has 0 saturated carbocycles. The standard InChI is InChI=1S/C13H16F3NO/c1-8(2)4-3-5-17-13(18)9-6-10(14)12(16)11(15)7-9/h6-8H,3-5H2,1-2H3,(H,17,18). The van der Waals surface area contributed by atoms with E-state index in [9.17, 15) is 18.0 Å². The molecule has 1 amide bonds. The van der Waals surface area contributed by atoms with Crippen LogP contribution in [0, 0.1) is 23.4 Å². The molecule has 0 aliphatic rings. The predicted molar refractivity (Wildman–Crippen MR) is 62.7 cm³/mol. The van der Waals surface area contributed by atoms with E-state index in [0.29, 0.717) is 24.6 Å².